The molecule has 0 N–H and O–H groups in total. The topological polar surface area (TPSA) is 53.3 Å². The largest absolute Gasteiger partial charge is 0.346 e. The molecule has 1 saturated heterocycles. The van der Waals surface area contributed by atoms with Gasteiger partial charge in [0, 0.05) is 0 Å². The molecule has 13 heavy (non-hydrogen) atoms. The number of nitrogens with zero attached hydrogens (tertiary/aromatic N) is 2. The van der Waals surface area contributed by atoms with Crippen LogP contribution in [0.1, 0.15) is 19.3 Å². The van der Waals surface area contributed by atoms with Crippen molar-refractivity contribution in [2.24, 2.45) is 0 Å². The van der Waals surface area contributed by atoms with Gasteiger partial charge in [0.05, 0.1) is 17.5 Å². The third-order valence-corrected chi connectivity index (χ3v) is 1.69. The highest BCUT2D eigenvalue weighted by atomic mass is 16.7. The Bertz CT molecular complexity index is 285. The molecule has 0 aromatic rings. The zero-order valence-electron chi connectivity index (χ0n) is 7.25. The van der Waals surface area contributed by atoms with Gasteiger partial charge >= 0.3 is 5.97 Å². The lowest BCUT2D eigenvalue weighted by molar-refractivity contribution is -0.171. The molecule has 0 radical (unpaired) electrons. The molecule has 68 valence electrons. The molecule has 0 bridgehead atoms. The Hall–Kier alpha value is -1.76. The van der Waals surface area contributed by atoms with E-state index in [9.17, 15) is 4.79 Å². The summed E-state index contributed by atoms with van der Waals surface area (Å²) in [4.78, 5) is 15.8. The minimum absolute atomic E-state index is 0.253. The maximum absolute atomic E-state index is 10.9. The van der Waals surface area contributed by atoms with Crippen molar-refractivity contribution in [3.63, 3.8) is 0 Å². The van der Waals surface area contributed by atoms with Crippen molar-refractivity contribution in [2.45, 2.75) is 19.3 Å². The van der Waals surface area contributed by atoms with Crippen LogP contribution in [-0.4, -0.2) is 11.0 Å². The number of carbonyl (C=O) groups excluding carboxylic acids is 1. The summed E-state index contributed by atoms with van der Waals surface area (Å²) >= 11 is 0. The van der Waals surface area contributed by atoms with Crippen molar-refractivity contribution in [3.8, 4) is 6.07 Å². The average molecular weight is 178 g/mol. The normalized spacial score (nSPS) is 15.8. The summed E-state index contributed by atoms with van der Waals surface area (Å²) in [6.45, 7) is 7.41. The van der Waals surface area contributed by atoms with E-state index >= 15 is 0 Å². The molecule has 0 aromatic heterocycles. The van der Waals surface area contributed by atoms with Gasteiger partial charge in [-0.1, -0.05) is 13.2 Å². The van der Waals surface area contributed by atoms with Crippen LogP contribution in [0, 0.1) is 11.3 Å². The summed E-state index contributed by atoms with van der Waals surface area (Å²) in [5, 5.41) is 9.53. The van der Waals surface area contributed by atoms with Gasteiger partial charge in [-0.25, -0.2) is 4.79 Å². The first kappa shape index (κ1) is 9.33. The molecule has 0 aromatic carbocycles. The minimum atomic E-state index is -0.577. The molecular formula is C9H10N2O2. The van der Waals surface area contributed by atoms with Gasteiger partial charge < -0.3 is 4.84 Å². The quantitative estimate of drug-likeness (QED) is 0.642. The van der Waals surface area contributed by atoms with Crippen molar-refractivity contribution >= 4 is 5.97 Å². The fraction of sp³-hybridized carbons (Fsp3) is 0.333. The van der Waals surface area contributed by atoms with Crippen LogP contribution in [0.15, 0.2) is 24.6 Å². The summed E-state index contributed by atoms with van der Waals surface area (Å²) < 4.78 is 0. The van der Waals surface area contributed by atoms with Crippen LogP contribution in [0.2, 0.25) is 0 Å². The van der Waals surface area contributed by atoms with Crippen molar-refractivity contribution in [2.75, 3.05) is 0 Å². The molecule has 0 spiro atoms. The molecule has 1 fully saturated rings. The van der Waals surface area contributed by atoms with Crippen LogP contribution >= 0.6 is 0 Å². The van der Waals surface area contributed by atoms with Crippen molar-refractivity contribution in [3.05, 3.63) is 24.6 Å². The SMILES string of the molecule is C=C1CCC(=C)N1OC(=O)CC#N. The molecule has 4 nitrogen and oxygen atoms in total. The Kier molecular flexibility index (Phi) is 2.70. The van der Waals surface area contributed by atoms with E-state index in [0.717, 1.165) is 12.8 Å². The number of nitriles is 1. The van der Waals surface area contributed by atoms with E-state index in [0.29, 0.717) is 11.4 Å². The monoisotopic (exact) mass is 178 g/mol. The third-order valence-electron chi connectivity index (χ3n) is 1.69. The summed E-state index contributed by atoms with van der Waals surface area (Å²) in [6.07, 6.45) is 1.24. The van der Waals surface area contributed by atoms with Crippen LogP contribution in [0.4, 0.5) is 0 Å². The lowest BCUT2D eigenvalue weighted by atomic mass is 10.3. The second kappa shape index (κ2) is 3.76. The Morgan fingerprint density at radius 1 is 1.54 bits per heavy atom. The minimum Gasteiger partial charge on any atom is -0.335 e. The van der Waals surface area contributed by atoms with E-state index in [1.54, 1.807) is 6.07 Å². The van der Waals surface area contributed by atoms with E-state index in [4.69, 9.17) is 10.1 Å². The Balaban J connectivity index is 2.54. The average Bonchev–Trinajstić information content (AvgIpc) is 2.36. The maximum atomic E-state index is 10.9. The zero-order chi connectivity index (χ0) is 9.84. The van der Waals surface area contributed by atoms with Crippen LogP contribution in [0.5, 0.6) is 0 Å². The van der Waals surface area contributed by atoms with Crippen LogP contribution in [0.3, 0.4) is 0 Å². The Morgan fingerprint density at radius 3 is 2.54 bits per heavy atom. The lowest BCUT2D eigenvalue weighted by Gasteiger charge is -2.17. The first-order valence-electron chi connectivity index (χ1n) is 3.88. The summed E-state index contributed by atoms with van der Waals surface area (Å²) in [5.41, 5.74) is 1.41. The number of hydroxylamine groups is 2. The summed E-state index contributed by atoms with van der Waals surface area (Å²) in [6, 6.07) is 1.71. The summed E-state index contributed by atoms with van der Waals surface area (Å²) in [5.74, 6) is -0.577. The third kappa shape index (κ3) is 2.09. The van der Waals surface area contributed by atoms with Crippen LogP contribution < -0.4 is 0 Å². The van der Waals surface area contributed by atoms with Crippen LogP contribution in [-0.2, 0) is 9.63 Å². The molecule has 1 aliphatic rings. The van der Waals surface area contributed by atoms with E-state index in [-0.39, 0.29) is 6.42 Å². The van der Waals surface area contributed by atoms with Gasteiger partial charge in [0.25, 0.3) is 0 Å². The molecule has 0 saturated carbocycles. The smallest absolute Gasteiger partial charge is 0.335 e. The van der Waals surface area contributed by atoms with Gasteiger partial charge in [-0.3, -0.25) is 0 Å². The number of allylic oxidation sites excluding steroid dienone is 2. The molecular weight excluding hydrogens is 168 g/mol. The molecule has 4 heteroatoms. The lowest BCUT2D eigenvalue weighted by Crippen LogP contribution is -2.20. The second-order valence-corrected chi connectivity index (χ2v) is 2.73. The van der Waals surface area contributed by atoms with Crippen molar-refractivity contribution < 1.29 is 9.63 Å². The molecule has 1 rings (SSSR count). The predicted molar refractivity (Wildman–Crippen MR) is 45.7 cm³/mol. The number of rotatable bonds is 2. The Labute approximate surface area is 76.7 Å². The first-order valence-corrected chi connectivity index (χ1v) is 3.88. The van der Waals surface area contributed by atoms with E-state index in [2.05, 4.69) is 13.2 Å². The molecule has 1 aliphatic heterocycles. The Morgan fingerprint density at radius 2 is 2.08 bits per heavy atom. The number of hydrogen-bond donors (Lipinski definition) is 0. The van der Waals surface area contributed by atoms with E-state index in [1.807, 2.05) is 0 Å². The van der Waals surface area contributed by atoms with E-state index in [1.165, 1.54) is 5.06 Å². The molecule has 0 unspecified atom stereocenters. The van der Waals surface area contributed by atoms with Gasteiger partial charge in [-0.2, -0.15) is 10.3 Å². The predicted octanol–water partition coefficient (Wildman–Crippen LogP) is 1.48. The standard InChI is InChI=1S/C9H10N2O2/c1-7-3-4-8(2)11(7)13-9(12)5-6-10/h1-5H2. The first-order chi connectivity index (χ1) is 6.15. The molecule has 1 heterocycles. The van der Waals surface area contributed by atoms with Gasteiger partial charge in [-0.15, -0.1) is 0 Å². The van der Waals surface area contributed by atoms with Gasteiger partial charge in [0.15, 0.2) is 0 Å². The highest BCUT2D eigenvalue weighted by molar-refractivity contribution is 5.71. The molecule has 0 amide bonds. The van der Waals surface area contributed by atoms with Crippen molar-refractivity contribution in [1.82, 2.24) is 5.06 Å². The van der Waals surface area contributed by atoms with Gasteiger partial charge in [0.1, 0.15) is 6.42 Å². The molecule has 0 aliphatic carbocycles. The number of hydrogen-bond acceptors (Lipinski definition) is 4. The fourth-order valence-electron chi connectivity index (χ4n) is 1.04. The molecule has 0 atom stereocenters. The zero-order valence-corrected chi connectivity index (χ0v) is 7.25. The van der Waals surface area contributed by atoms with Gasteiger partial charge in [-0.05, 0) is 12.8 Å². The van der Waals surface area contributed by atoms with Crippen LogP contribution in [0.25, 0.3) is 0 Å². The van der Waals surface area contributed by atoms with E-state index < -0.39 is 5.97 Å². The fourth-order valence-corrected chi connectivity index (χ4v) is 1.04. The number of carbonyl (C=O) groups is 1. The maximum Gasteiger partial charge on any atom is 0.346 e. The highest BCUT2D eigenvalue weighted by Gasteiger charge is 2.22. The van der Waals surface area contributed by atoms with Crippen molar-refractivity contribution in [1.29, 1.82) is 5.26 Å². The highest BCUT2D eigenvalue weighted by Crippen LogP contribution is 2.27. The van der Waals surface area contributed by atoms with Gasteiger partial charge in [0.2, 0.25) is 0 Å². The second-order valence-electron chi connectivity index (χ2n) is 2.73. The summed E-state index contributed by atoms with van der Waals surface area (Å²) in [7, 11) is 0.